The second-order valence-electron chi connectivity index (χ2n) is 13.7. The SMILES string of the molecule is c1ccc(N(c2ccccc2)c2ccc3c4cc5c(cc4n(-c4ccccc4)c3c2)B2c3ccccc3N(c3ccccc3)c3cccc(c32)O5)cc1. The van der Waals surface area contributed by atoms with Gasteiger partial charge in [-0.2, -0.15) is 0 Å². The van der Waals surface area contributed by atoms with Crippen LogP contribution in [0.5, 0.6) is 11.5 Å². The van der Waals surface area contributed by atoms with Crippen molar-refractivity contribution >= 4 is 79.0 Å². The molecule has 0 fully saturated rings. The molecule has 0 unspecified atom stereocenters. The first-order valence-corrected chi connectivity index (χ1v) is 18.1. The van der Waals surface area contributed by atoms with Crippen LogP contribution in [0.25, 0.3) is 27.5 Å². The molecule has 9 aromatic rings. The fourth-order valence-electron chi connectivity index (χ4n) is 8.58. The predicted molar refractivity (Wildman–Crippen MR) is 221 cm³/mol. The molecule has 3 heterocycles. The van der Waals surface area contributed by atoms with Crippen molar-refractivity contribution in [1.82, 2.24) is 4.57 Å². The third kappa shape index (κ3) is 4.57. The summed E-state index contributed by atoms with van der Waals surface area (Å²) in [5.74, 6) is 1.81. The number of anilines is 6. The molecule has 11 rings (SSSR count). The summed E-state index contributed by atoms with van der Waals surface area (Å²) in [5.41, 5.74) is 13.8. The molecular formula is C48H32BN3O. The molecule has 2 aliphatic heterocycles. The number of fused-ring (bicyclic) bond motifs is 7. The van der Waals surface area contributed by atoms with Crippen LogP contribution in [0.4, 0.5) is 34.1 Å². The molecule has 0 bridgehead atoms. The van der Waals surface area contributed by atoms with Gasteiger partial charge in [-0.3, -0.25) is 0 Å². The van der Waals surface area contributed by atoms with Crippen molar-refractivity contribution in [3.05, 3.63) is 194 Å². The first-order chi connectivity index (χ1) is 26.3. The number of hydrogen-bond acceptors (Lipinski definition) is 3. The fraction of sp³-hybridized carbons (Fsp3) is 0. The Kier molecular flexibility index (Phi) is 6.61. The Labute approximate surface area is 308 Å². The zero-order chi connectivity index (χ0) is 34.9. The molecule has 1 aromatic heterocycles. The largest absolute Gasteiger partial charge is 0.458 e. The normalized spacial score (nSPS) is 12.6. The van der Waals surface area contributed by atoms with E-state index in [1.807, 2.05) is 0 Å². The van der Waals surface area contributed by atoms with Gasteiger partial charge in [-0.25, -0.2) is 0 Å². The lowest BCUT2D eigenvalue weighted by Crippen LogP contribution is -2.59. The van der Waals surface area contributed by atoms with Crippen molar-refractivity contribution in [3.63, 3.8) is 0 Å². The molecule has 0 spiro atoms. The molecule has 0 saturated heterocycles. The molecule has 0 radical (unpaired) electrons. The van der Waals surface area contributed by atoms with Gasteiger partial charge in [0.05, 0.1) is 11.0 Å². The van der Waals surface area contributed by atoms with Crippen LogP contribution in [0.1, 0.15) is 0 Å². The van der Waals surface area contributed by atoms with Gasteiger partial charge in [0.15, 0.2) is 0 Å². The maximum Gasteiger partial charge on any atom is 0.256 e. The minimum atomic E-state index is 0.00922. The van der Waals surface area contributed by atoms with E-state index in [1.165, 1.54) is 27.5 Å². The fourth-order valence-corrected chi connectivity index (χ4v) is 8.58. The lowest BCUT2D eigenvalue weighted by molar-refractivity contribution is 0.488. The van der Waals surface area contributed by atoms with Gasteiger partial charge < -0.3 is 19.1 Å². The molecule has 0 saturated carbocycles. The van der Waals surface area contributed by atoms with E-state index in [1.54, 1.807) is 0 Å². The van der Waals surface area contributed by atoms with Crippen LogP contribution in [0, 0.1) is 0 Å². The smallest absolute Gasteiger partial charge is 0.256 e. The summed E-state index contributed by atoms with van der Waals surface area (Å²) in [7, 11) is 0. The molecule has 0 atom stereocenters. The molecule has 4 nitrogen and oxygen atoms in total. The Bertz CT molecular complexity index is 2780. The van der Waals surface area contributed by atoms with E-state index in [4.69, 9.17) is 4.74 Å². The van der Waals surface area contributed by atoms with Crippen LogP contribution < -0.4 is 30.9 Å². The number of hydrogen-bond donors (Lipinski definition) is 0. The van der Waals surface area contributed by atoms with E-state index in [0.717, 1.165) is 62.0 Å². The van der Waals surface area contributed by atoms with Gasteiger partial charge in [-0.1, -0.05) is 103 Å². The molecule has 0 amide bonds. The molecule has 8 aromatic carbocycles. The number of benzene rings is 8. The topological polar surface area (TPSA) is 20.6 Å². The first kappa shape index (κ1) is 29.7. The van der Waals surface area contributed by atoms with Crippen molar-refractivity contribution in [1.29, 1.82) is 0 Å². The standard InChI is InChI=1S/C48H32BN3O/c1-5-16-33(17-6-1)50(34-18-7-2-8-19-34)37-28-29-38-39-31-47-41(32-45(39)52(44(38)30-37)36-22-11-4-12-23-36)49-40-24-13-14-25-42(40)51(35-20-9-3-10-21-35)43-26-15-27-46(53-47)48(43)49/h1-32H. The Morgan fingerprint density at radius 3 is 1.74 bits per heavy atom. The van der Waals surface area contributed by atoms with E-state index < -0.39 is 0 Å². The maximum absolute atomic E-state index is 6.93. The van der Waals surface area contributed by atoms with Crippen molar-refractivity contribution in [2.24, 2.45) is 0 Å². The molecule has 0 N–H and O–H groups in total. The maximum atomic E-state index is 6.93. The van der Waals surface area contributed by atoms with Crippen LogP contribution in [0.15, 0.2) is 194 Å². The second-order valence-corrected chi connectivity index (χ2v) is 13.7. The summed E-state index contributed by atoms with van der Waals surface area (Å²) < 4.78 is 9.35. The van der Waals surface area contributed by atoms with E-state index >= 15 is 0 Å². The summed E-state index contributed by atoms with van der Waals surface area (Å²) >= 11 is 0. The van der Waals surface area contributed by atoms with Gasteiger partial charge in [0.1, 0.15) is 11.5 Å². The highest BCUT2D eigenvalue weighted by Gasteiger charge is 2.42. The third-order valence-electron chi connectivity index (χ3n) is 10.8. The Balaban J connectivity index is 1.17. The van der Waals surface area contributed by atoms with Gasteiger partial charge >= 0.3 is 0 Å². The van der Waals surface area contributed by atoms with Gasteiger partial charge in [0.25, 0.3) is 6.71 Å². The van der Waals surface area contributed by atoms with E-state index in [9.17, 15) is 0 Å². The molecular weight excluding hydrogens is 645 g/mol. The summed E-state index contributed by atoms with van der Waals surface area (Å²) in [6.07, 6.45) is 0. The average Bonchev–Trinajstić information content (AvgIpc) is 3.54. The van der Waals surface area contributed by atoms with Gasteiger partial charge in [-0.15, -0.1) is 0 Å². The minimum absolute atomic E-state index is 0.00922. The summed E-state index contributed by atoms with van der Waals surface area (Å²) in [6, 6.07) is 69.4. The Morgan fingerprint density at radius 1 is 0.415 bits per heavy atom. The zero-order valence-corrected chi connectivity index (χ0v) is 28.8. The van der Waals surface area contributed by atoms with Crippen molar-refractivity contribution in [3.8, 4) is 17.2 Å². The third-order valence-corrected chi connectivity index (χ3v) is 10.8. The molecule has 2 aliphatic rings. The van der Waals surface area contributed by atoms with Crippen molar-refractivity contribution in [2.75, 3.05) is 9.80 Å². The first-order valence-electron chi connectivity index (χ1n) is 18.1. The van der Waals surface area contributed by atoms with E-state index in [-0.39, 0.29) is 6.71 Å². The predicted octanol–water partition coefficient (Wildman–Crippen LogP) is 10.7. The van der Waals surface area contributed by atoms with Crippen LogP contribution in [0.3, 0.4) is 0 Å². The molecule has 5 heteroatoms. The highest BCUT2D eigenvalue weighted by Crippen LogP contribution is 2.43. The van der Waals surface area contributed by atoms with Crippen LogP contribution >= 0.6 is 0 Å². The molecule has 53 heavy (non-hydrogen) atoms. The summed E-state index contributed by atoms with van der Waals surface area (Å²) in [6.45, 7) is 0.00922. The quantitative estimate of drug-likeness (QED) is 0.169. The number of para-hydroxylation sites is 5. The van der Waals surface area contributed by atoms with Crippen molar-refractivity contribution in [2.45, 2.75) is 0 Å². The lowest BCUT2D eigenvalue weighted by atomic mass is 9.34. The molecule has 248 valence electrons. The monoisotopic (exact) mass is 677 g/mol. The molecule has 0 aliphatic carbocycles. The average molecular weight is 678 g/mol. The number of aromatic nitrogens is 1. The highest BCUT2D eigenvalue weighted by molar-refractivity contribution is 6.99. The Hall–Kier alpha value is -6.98. The van der Waals surface area contributed by atoms with E-state index in [0.29, 0.717) is 0 Å². The lowest BCUT2D eigenvalue weighted by Gasteiger charge is -2.39. The minimum Gasteiger partial charge on any atom is -0.458 e. The number of nitrogens with zero attached hydrogens (tertiary/aromatic N) is 3. The highest BCUT2D eigenvalue weighted by atomic mass is 16.5. The van der Waals surface area contributed by atoms with Crippen LogP contribution in [-0.4, -0.2) is 11.3 Å². The van der Waals surface area contributed by atoms with Crippen LogP contribution in [0.2, 0.25) is 0 Å². The number of ether oxygens (including phenoxy) is 1. The summed E-state index contributed by atoms with van der Waals surface area (Å²) in [4.78, 5) is 4.71. The van der Waals surface area contributed by atoms with E-state index in [2.05, 4.69) is 208 Å². The summed E-state index contributed by atoms with van der Waals surface area (Å²) in [5, 5.41) is 2.34. The van der Waals surface area contributed by atoms with Gasteiger partial charge in [0.2, 0.25) is 0 Å². The number of rotatable bonds is 5. The zero-order valence-electron chi connectivity index (χ0n) is 28.8. The second kappa shape index (κ2) is 11.8. The van der Waals surface area contributed by atoms with Gasteiger partial charge in [-0.05, 0) is 107 Å². The van der Waals surface area contributed by atoms with Crippen LogP contribution in [-0.2, 0) is 0 Å². The van der Waals surface area contributed by atoms with Crippen molar-refractivity contribution < 1.29 is 4.74 Å². The Morgan fingerprint density at radius 2 is 1.02 bits per heavy atom. The van der Waals surface area contributed by atoms with Gasteiger partial charge in [0, 0.05) is 50.6 Å².